The van der Waals surface area contributed by atoms with Crippen molar-refractivity contribution in [2.24, 2.45) is 0 Å². The van der Waals surface area contributed by atoms with Crippen molar-refractivity contribution >= 4 is 32.8 Å². The Labute approximate surface area is 195 Å². The minimum Gasteiger partial charge on any atom is -0.489 e. The van der Waals surface area contributed by atoms with Gasteiger partial charge in [0.1, 0.15) is 18.4 Å². The zero-order valence-electron chi connectivity index (χ0n) is 17.8. The van der Waals surface area contributed by atoms with Gasteiger partial charge in [0.05, 0.1) is 0 Å². The molecule has 0 bridgehead atoms. The molecule has 0 radical (unpaired) electrons. The monoisotopic (exact) mass is 492 g/mol. The minimum absolute atomic E-state index is 0.377. The topological polar surface area (TPSA) is 74.3 Å². The number of H-pyrrole nitrogens is 1. The first-order valence-corrected chi connectivity index (χ1v) is 11.3. The summed E-state index contributed by atoms with van der Waals surface area (Å²) in [6.07, 6.45) is 2.27. The van der Waals surface area contributed by atoms with E-state index >= 15 is 0 Å². The van der Waals surface area contributed by atoms with Crippen LogP contribution < -0.4 is 10.1 Å². The van der Waals surface area contributed by atoms with Gasteiger partial charge < -0.3 is 14.8 Å². The number of hydrogen-bond acceptors (Lipinski definition) is 3. The van der Waals surface area contributed by atoms with Crippen molar-refractivity contribution in [1.82, 2.24) is 10.3 Å². The highest BCUT2D eigenvalue weighted by atomic mass is 79.9. The molecule has 0 saturated heterocycles. The van der Waals surface area contributed by atoms with E-state index < -0.39 is 12.0 Å². The third kappa shape index (κ3) is 5.21. The van der Waals surface area contributed by atoms with Crippen molar-refractivity contribution in [1.29, 1.82) is 0 Å². The lowest BCUT2D eigenvalue weighted by Crippen LogP contribution is -2.38. The number of fused-ring (bicyclic) bond motifs is 1. The molecule has 0 aliphatic carbocycles. The highest BCUT2D eigenvalue weighted by Crippen LogP contribution is 2.25. The number of nitrogens with one attached hydrogen (secondary N) is 2. The fourth-order valence-corrected chi connectivity index (χ4v) is 4.16. The maximum atomic E-state index is 12.0. The molecule has 1 atom stereocenters. The molecule has 4 aromatic rings. The number of para-hydroxylation sites is 1. The van der Waals surface area contributed by atoms with Gasteiger partial charge in [-0.2, -0.15) is 0 Å². The van der Waals surface area contributed by atoms with Crippen LogP contribution in [-0.2, 0) is 24.4 Å². The molecule has 0 unspecified atom stereocenters. The van der Waals surface area contributed by atoms with Crippen LogP contribution in [0.1, 0.15) is 22.3 Å². The van der Waals surface area contributed by atoms with Gasteiger partial charge in [0, 0.05) is 40.1 Å². The number of carboxylic acids is 1. The zero-order valence-corrected chi connectivity index (χ0v) is 19.4. The number of ether oxygens (including phenoxy) is 1. The van der Waals surface area contributed by atoms with Gasteiger partial charge in [-0.3, -0.25) is 10.1 Å². The molecule has 0 spiro atoms. The van der Waals surface area contributed by atoms with Gasteiger partial charge in [0.25, 0.3) is 0 Å². The van der Waals surface area contributed by atoms with E-state index in [0.29, 0.717) is 19.6 Å². The van der Waals surface area contributed by atoms with E-state index in [1.54, 1.807) is 0 Å². The number of rotatable bonds is 9. The minimum atomic E-state index is -0.882. The van der Waals surface area contributed by atoms with Crippen LogP contribution in [0.2, 0.25) is 0 Å². The number of halogens is 1. The van der Waals surface area contributed by atoms with Crippen LogP contribution >= 0.6 is 15.9 Å². The molecule has 5 nitrogen and oxygen atoms in total. The molecule has 6 heteroatoms. The molecule has 3 N–H and O–H groups in total. The second kappa shape index (κ2) is 10.0. The lowest BCUT2D eigenvalue weighted by atomic mass is 10.0. The van der Waals surface area contributed by atoms with Crippen LogP contribution in [0.3, 0.4) is 0 Å². The molecule has 0 fully saturated rings. The van der Waals surface area contributed by atoms with E-state index in [-0.39, 0.29) is 0 Å². The molecule has 0 aliphatic heterocycles. The van der Waals surface area contributed by atoms with Gasteiger partial charge in [0.15, 0.2) is 0 Å². The van der Waals surface area contributed by atoms with Gasteiger partial charge in [-0.1, -0.05) is 58.4 Å². The summed E-state index contributed by atoms with van der Waals surface area (Å²) < 4.78 is 7.02. The molecular formula is C26H25BrN2O3. The quantitative estimate of drug-likeness (QED) is 0.284. The molecule has 1 heterocycles. The summed E-state index contributed by atoms with van der Waals surface area (Å²) in [5.41, 5.74) is 5.18. The number of hydrogen-bond donors (Lipinski definition) is 3. The number of aryl methyl sites for hydroxylation is 1. The summed E-state index contributed by atoms with van der Waals surface area (Å²) in [7, 11) is 0. The largest absolute Gasteiger partial charge is 0.489 e. The molecule has 32 heavy (non-hydrogen) atoms. The summed E-state index contributed by atoms with van der Waals surface area (Å²) in [6.45, 7) is 2.89. The van der Waals surface area contributed by atoms with Crippen LogP contribution in [0, 0.1) is 6.92 Å². The Balaban J connectivity index is 1.48. The lowest BCUT2D eigenvalue weighted by Gasteiger charge is -2.17. The van der Waals surface area contributed by atoms with Gasteiger partial charge in [-0.25, -0.2) is 0 Å². The average molecular weight is 493 g/mol. The maximum absolute atomic E-state index is 12.0. The Morgan fingerprint density at radius 3 is 2.66 bits per heavy atom. The molecule has 0 saturated carbocycles. The van der Waals surface area contributed by atoms with E-state index in [2.05, 4.69) is 39.2 Å². The summed E-state index contributed by atoms with van der Waals surface area (Å²) in [4.78, 5) is 15.2. The normalized spacial score (nSPS) is 12.1. The number of aliphatic carboxylic acids is 1. The number of benzene rings is 3. The smallest absolute Gasteiger partial charge is 0.321 e. The molecule has 0 amide bonds. The Kier molecular flexibility index (Phi) is 6.93. The first-order valence-electron chi connectivity index (χ1n) is 10.5. The summed E-state index contributed by atoms with van der Waals surface area (Å²) in [5.74, 6) is -0.146. The molecule has 4 rings (SSSR count). The Bertz CT molecular complexity index is 1230. The van der Waals surface area contributed by atoms with Crippen LogP contribution in [-0.4, -0.2) is 22.1 Å². The van der Waals surface area contributed by atoms with Crippen molar-refractivity contribution in [3.05, 3.63) is 99.7 Å². The Morgan fingerprint density at radius 1 is 1.06 bits per heavy atom. The van der Waals surface area contributed by atoms with E-state index in [9.17, 15) is 9.90 Å². The van der Waals surface area contributed by atoms with Gasteiger partial charge in [0.2, 0.25) is 0 Å². The third-order valence-corrected chi connectivity index (χ3v) is 6.10. The Morgan fingerprint density at radius 2 is 1.84 bits per heavy atom. The lowest BCUT2D eigenvalue weighted by molar-refractivity contribution is -0.139. The van der Waals surface area contributed by atoms with Gasteiger partial charge in [-0.15, -0.1) is 0 Å². The standard InChI is InChI=1S/C26H25BrN2O3/c1-17-6-2-3-7-18(17)16-32-25-11-10-21(27)12-20(25)15-29-24(26(30)31)13-19-14-28-23-9-5-4-8-22(19)23/h2-12,14,24,28-29H,13,15-16H2,1H3,(H,30,31)/t24-/m1/s1. The van der Waals surface area contributed by atoms with Crippen molar-refractivity contribution in [2.75, 3.05) is 0 Å². The van der Waals surface area contributed by atoms with Crippen LogP contribution in [0.4, 0.5) is 0 Å². The second-order valence-electron chi connectivity index (χ2n) is 7.80. The highest BCUT2D eigenvalue weighted by Gasteiger charge is 2.20. The molecular weight excluding hydrogens is 468 g/mol. The number of aromatic amines is 1. The predicted molar refractivity (Wildman–Crippen MR) is 130 cm³/mol. The van der Waals surface area contributed by atoms with Crippen LogP contribution in [0.25, 0.3) is 10.9 Å². The van der Waals surface area contributed by atoms with E-state index in [1.807, 2.05) is 66.9 Å². The number of carbonyl (C=O) groups is 1. The number of carboxylic acid groups (broad SMARTS) is 1. The highest BCUT2D eigenvalue weighted by molar-refractivity contribution is 9.10. The van der Waals surface area contributed by atoms with Crippen molar-refractivity contribution < 1.29 is 14.6 Å². The summed E-state index contributed by atoms with van der Waals surface area (Å²) >= 11 is 3.51. The summed E-state index contributed by atoms with van der Waals surface area (Å²) in [6, 6.07) is 21.1. The summed E-state index contributed by atoms with van der Waals surface area (Å²) in [5, 5.41) is 14.1. The van der Waals surface area contributed by atoms with E-state index in [0.717, 1.165) is 37.8 Å². The SMILES string of the molecule is Cc1ccccc1COc1ccc(Br)cc1CN[C@H](Cc1c[nH]c2ccccc12)C(=O)O. The fourth-order valence-electron chi connectivity index (χ4n) is 3.75. The first kappa shape index (κ1) is 22.1. The second-order valence-corrected chi connectivity index (χ2v) is 8.72. The molecule has 1 aromatic heterocycles. The van der Waals surface area contributed by atoms with Gasteiger partial charge in [-0.05, 0) is 47.9 Å². The first-order chi connectivity index (χ1) is 15.5. The number of aromatic nitrogens is 1. The molecule has 164 valence electrons. The van der Waals surface area contributed by atoms with Crippen molar-refractivity contribution in [3.63, 3.8) is 0 Å². The fraction of sp³-hybridized carbons (Fsp3) is 0.192. The van der Waals surface area contributed by atoms with E-state index in [4.69, 9.17) is 4.74 Å². The third-order valence-electron chi connectivity index (χ3n) is 5.60. The van der Waals surface area contributed by atoms with Crippen LogP contribution in [0.15, 0.2) is 77.4 Å². The molecule has 3 aromatic carbocycles. The zero-order chi connectivity index (χ0) is 22.5. The van der Waals surface area contributed by atoms with Crippen LogP contribution in [0.5, 0.6) is 5.75 Å². The van der Waals surface area contributed by atoms with Crippen molar-refractivity contribution in [3.8, 4) is 5.75 Å². The average Bonchev–Trinajstić information content (AvgIpc) is 3.19. The van der Waals surface area contributed by atoms with Crippen molar-refractivity contribution in [2.45, 2.75) is 32.5 Å². The molecule has 0 aliphatic rings. The Hall–Kier alpha value is -3.09. The predicted octanol–water partition coefficient (Wildman–Crippen LogP) is 5.60. The van der Waals surface area contributed by atoms with E-state index in [1.165, 1.54) is 5.56 Å². The maximum Gasteiger partial charge on any atom is 0.321 e. The van der Waals surface area contributed by atoms with Gasteiger partial charge >= 0.3 is 5.97 Å².